The molecular weight excluding hydrogens is 328 g/mol. The van der Waals surface area contributed by atoms with Crippen molar-refractivity contribution in [2.75, 3.05) is 6.61 Å². The molecule has 1 aliphatic rings. The summed E-state index contributed by atoms with van der Waals surface area (Å²) >= 11 is 0. The Morgan fingerprint density at radius 3 is 2.54 bits per heavy atom. The van der Waals surface area contributed by atoms with Crippen molar-refractivity contribution in [3.63, 3.8) is 0 Å². The van der Waals surface area contributed by atoms with Gasteiger partial charge in [-0.05, 0) is 55.2 Å². The van der Waals surface area contributed by atoms with E-state index in [2.05, 4.69) is 11.4 Å². The SMILES string of the molecule is CCOC(=O)c1ccc(CNC(=O)C2(c3cccc(C#N)c3)CC2)cc1. The van der Waals surface area contributed by atoms with Crippen LogP contribution in [0.4, 0.5) is 0 Å². The van der Waals surface area contributed by atoms with Crippen molar-refractivity contribution in [2.24, 2.45) is 0 Å². The van der Waals surface area contributed by atoms with Crippen LogP contribution in [0, 0.1) is 11.3 Å². The first-order chi connectivity index (χ1) is 12.6. The average Bonchev–Trinajstić information content (AvgIpc) is 3.49. The summed E-state index contributed by atoms with van der Waals surface area (Å²) < 4.78 is 4.96. The van der Waals surface area contributed by atoms with Gasteiger partial charge in [-0.15, -0.1) is 0 Å². The molecule has 1 N–H and O–H groups in total. The fourth-order valence-electron chi connectivity index (χ4n) is 2.98. The second kappa shape index (κ2) is 7.40. The van der Waals surface area contributed by atoms with Gasteiger partial charge in [0.15, 0.2) is 0 Å². The Bertz CT molecular complexity index is 862. The van der Waals surface area contributed by atoms with Crippen LogP contribution in [0.3, 0.4) is 0 Å². The number of carbonyl (C=O) groups is 2. The molecule has 132 valence electrons. The van der Waals surface area contributed by atoms with Gasteiger partial charge in [0.05, 0.1) is 29.2 Å². The van der Waals surface area contributed by atoms with Crippen molar-refractivity contribution >= 4 is 11.9 Å². The first-order valence-corrected chi connectivity index (χ1v) is 8.64. The fourth-order valence-corrected chi connectivity index (χ4v) is 2.98. The van der Waals surface area contributed by atoms with E-state index in [1.165, 1.54) is 0 Å². The first-order valence-electron chi connectivity index (χ1n) is 8.64. The van der Waals surface area contributed by atoms with Gasteiger partial charge in [0, 0.05) is 6.54 Å². The van der Waals surface area contributed by atoms with Gasteiger partial charge in [-0.25, -0.2) is 4.79 Å². The molecular formula is C21H20N2O3. The molecule has 1 saturated carbocycles. The number of amides is 1. The van der Waals surface area contributed by atoms with E-state index in [1.54, 1.807) is 31.2 Å². The molecule has 2 aromatic carbocycles. The van der Waals surface area contributed by atoms with E-state index in [-0.39, 0.29) is 11.9 Å². The van der Waals surface area contributed by atoms with Crippen molar-refractivity contribution < 1.29 is 14.3 Å². The van der Waals surface area contributed by atoms with Crippen LogP contribution in [0.2, 0.25) is 0 Å². The van der Waals surface area contributed by atoms with Crippen LogP contribution in [-0.2, 0) is 21.5 Å². The van der Waals surface area contributed by atoms with Crippen LogP contribution in [-0.4, -0.2) is 18.5 Å². The number of carbonyl (C=O) groups excluding carboxylic acids is 2. The Hall–Kier alpha value is -3.13. The molecule has 1 fully saturated rings. The Morgan fingerprint density at radius 1 is 1.19 bits per heavy atom. The number of ether oxygens (including phenoxy) is 1. The van der Waals surface area contributed by atoms with Crippen molar-refractivity contribution in [1.82, 2.24) is 5.32 Å². The lowest BCUT2D eigenvalue weighted by Gasteiger charge is -2.16. The van der Waals surface area contributed by atoms with Gasteiger partial charge in [0.2, 0.25) is 5.91 Å². The minimum absolute atomic E-state index is 0.0259. The smallest absolute Gasteiger partial charge is 0.338 e. The van der Waals surface area contributed by atoms with Gasteiger partial charge in [0.1, 0.15) is 0 Å². The van der Waals surface area contributed by atoms with E-state index in [0.29, 0.717) is 24.3 Å². The number of nitriles is 1. The zero-order valence-electron chi connectivity index (χ0n) is 14.6. The normalized spacial score (nSPS) is 14.2. The molecule has 0 aliphatic heterocycles. The molecule has 0 radical (unpaired) electrons. The van der Waals surface area contributed by atoms with Gasteiger partial charge >= 0.3 is 5.97 Å². The third-order valence-corrected chi connectivity index (χ3v) is 4.65. The van der Waals surface area contributed by atoms with Gasteiger partial charge in [-0.3, -0.25) is 4.79 Å². The Morgan fingerprint density at radius 2 is 1.92 bits per heavy atom. The Kier molecular flexibility index (Phi) is 5.04. The van der Waals surface area contributed by atoms with Crippen LogP contribution in [0.5, 0.6) is 0 Å². The molecule has 26 heavy (non-hydrogen) atoms. The monoisotopic (exact) mass is 348 g/mol. The molecule has 1 amide bonds. The number of hydrogen-bond donors (Lipinski definition) is 1. The molecule has 0 atom stereocenters. The molecule has 0 bridgehead atoms. The van der Waals surface area contributed by atoms with Gasteiger partial charge < -0.3 is 10.1 Å². The van der Waals surface area contributed by atoms with Crippen molar-refractivity contribution in [1.29, 1.82) is 5.26 Å². The van der Waals surface area contributed by atoms with Crippen molar-refractivity contribution in [3.05, 3.63) is 70.8 Å². The fraction of sp³-hybridized carbons (Fsp3) is 0.286. The Labute approximate surface area is 152 Å². The topological polar surface area (TPSA) is 79.2 Å². The number of esters is 1. The molecule has 0 spiro atoms. The van der Waals surface area contributed by atoms with Crippen LogP contribution in [0.15, 0.2) is 48.5 Å². The molecule has 0 saturated heterocycles. The van der Waals surface area contributed by atoms with Gasteiger partial charge in [0.25, 0.3) is 0 Å². The predicted molar refractivity (Wildman–Crippen MR) is 96.3 cm³/mol. The molecule has 0 unspecified atom stereocenters. The maximum atomic E-state index is 12.7. The summed E-state index contributed by atoms with van der Waals surface area (Å²) in [6, 6.07) is 16.4. The van der Waals surface area contributed by atoms with E-state index in [0.717, 1.165) is 24.0 Å². The Balaban J connectivity index is 1.64. The molecule has 1 aliphatic carbocycles. The van der Waals surface area contributed by atoms with Gasteiger partial charge in [-0.1, -0.05) is 24.3 Å². The maximum absolute atomic E-state index is 12.7. The van der Waals surface area contributed by atoms with Crippen LogP contribution < -0.4 is 5.32 Å². The summed E-state index contributed by atoms with van der Waals surface area (Å²) in [5.74, 6) is -0.376. The summed E-state index contributed by atoms with van der Waals surface area (Å²) in [7, 11) is 0. The molecule has 2 aromatic rings. The average molecular weight is 348 g/mol. The van der Waals surface area contributed by atoms with Gasteiger partial charge in [-0.2, -0.15) is 5.26 Å². The maximum Gasteiger partial charge on any atom is 0.338 e. The zero-order chi connectivity index (χ0) is 18.6. The standard InChI is InChI=1S/C21H20N2O3/c1-2-26-19(24)17-8-6-15(7-9-17)14-23-20(25)21(10-11-21)18-5-3-4-16(12-18)13-22/h3-9,12H,2,10-11,14H2,1H3,(H,23,25). The lowest BCUT2D eigenvalue weighted by Crippen LogP contribution is -2.34. The second-order valence-corrected chi connectivity index (χ2v) is 6.37. The molecule has 5 nitrogen and oxygen atoms in total. The van der Waals surface area contributed by atoms with Crippen LogP contribution in [0.1, 0.15) is 46.8 Å². The highest BCUT2D eigenvalue weighted by atomic mass is 16.5. The summed E-state index contributed by atoms with van der Waals surface area (Å²) in [6.07, 6.45) is 1.57. The predicted octanol–water partition coefficient (Wildman–Crippen LogP) is 3.08. The largest absolute Gasteiger partial charge is 0.462 e. The highest BCUT2D eigenvalue weighted by Crippen LogP contribution is 2.48. The second-order valence-electron chi connectivity index (χ2n) is 6.37. The molecule has 0 aromatic heterocycles. The van der Waals surface area contributed by atoms with E-state index >= 15 is 0 Å². The highest BCUT2D eigenvalue weighted by molar-refractivity contribution is 5.91. The number of benzene rings is 2. The van der Waals surface area contributed by atoms with Crippen molar-refractivity contribution in [2.45, 2.75) is 31.7 Å². The highest BCUT2D eigenvalue weighted by Gasteiger charge is 2.51. The minimum atomic E-state index is -0.516. The lowest BCUT2D eigenvalue weighted by atomic mass is 9.93. The van der Waals surface area contributed by atoms with E-state index in [9.17, 15) is 9.59 Å². The quantitative estimate of drug-likeness (QED) is 0.814. The summed E-state index contributed by atoms with van der Waals surface area (Å²) in [5.41, 5.74) is 2.35. The number of hydrogen-bond acceptors (Lipinski definition) is 4. The number of rotatable bonds is 6. The van der Waals surface area contributed by atoms with E-state index in [1.807, 2.05) is 24.3 Å². The van der Waals surface area contributed by atoms with Crippen molar-refractivity contribution in [3.8, 4) is 6.07 Å². The molecule has 3 rings (SSSR count). The number of nitrogens with one attached hydrogen (secondary N) is 1. The minimum Gasteiger partial charge on any atom is -0.462 e. The summed E-state index contributed by atoms with van der Waals surface area (Å²) in [5, 5.41) is 12.0. The molecule has 0 heterocycles. The van der Waals surface area contributed by atoms with E-state index in [4.69, 9.17) is 10.00 Å². The first kappa shape index (κ1) is 17.7. The van der Waals surface area contributed by atoms with E-state index < -0.39 is 5.41 Å². The summed E-state index contributed by atoms with van der Waals surface area (Å²) in [4.78, 5) is 24.3. The van der Waals surface area contributed by atoms with Crippen LogP contribution >= 0.6 is 0 Å². The van der Waals surface area contributed by atoms with Crippen LogP contribution in [0.25, 0.3) is 0 Å². The summed E-state index contributed by atoms with van der Waals surface area (Å²) in [6.45, 7) is 2.50. The molecule has 5 heteroatoms. The third kappa shape index (κ3) is 3.60. The number of nitrogens with zero attached hydrogens (tertiary/aromatic N) is 1. The third-order valence-electron chi connectivity index (χ3n) is 4.65. The zero-order valence-corrected chi connectivity index (χ0v) is 14.6. The lowest BCUT2D eigenvalue weighted by molar-refractivity contribution is -0.123.